The molecule has 3 aromatic rings. The van der Waals surface area contributed by atoms with Crippen LogP contribution in [0.15, 0.2) is 33.4 Å². The van der Waals surface area contributed by atoms with Crippen LogP contribution in [0.4, 0.5) is 0 Å². The smallest absolute Gasteiger partial charge is 0.252 e. The molecular weight excluding hydrogens is 342 g/mol. The number of nitrogens with zero attached hydrogens (tertiary/aromatic N) is 2. The zero-order chi connectivity index (χ0) is 15.7. The highest BCUT2D eigenvalue weighted by Gasteiger charge is 2.16. The molecule has 0 aliphatic heterocycles. The molecule has 110 valence electrons. The number of aromatic amines is 1. The van der Waals surface area contributed by atoms with Crippen LogP contribution in [0, 0.1) is 11.3 Å². The van der Waals surface area contributed by atoms with E-state index in [2.05, 4.69) is 16.0 Å². The maximum absolute atomic E-state index is 11.4. The number of fused-ring (bicyclic) bond motifs is 1. The molecular formula is C14H8ClN3O2S2. The third-order valence-electron chi connectivity index (χ3n) is 2.89. The maximum atomic E-state index is 11.4. The Bertz CT molecular complexity index is 942. The van der Waals surface area contributed by atoms with Crippen molar-refractivity contribution in [2.24, 2.45) is 0 Å². The fourth-order valence-corrected chi connectivity index (χ4v) is 4.29. The minimum atomic E-state index is -0.433. The number of pyridine rings is 2. The Morgan fingerprint density at radius 1 is 1.50 bits per heavy atom. The molecule has 0 aromatic carbocycles. The molecule has 3 heterocycles. The molecule has 3 rings (SSSR count). The Kier molecular flexibility index (Phi) is 4.07. The van der Waals surface area contributed by atoms with E-state index in [4.69, 9.17) is 11.6 Å². The zero-order valence-corrected chi connectivity index (χ0v) is 13.3. The first-order chi connectivity index (χ1) is 10.6. The molecule has 0 amide bonds. The fraction of sp³-hybridized carbons (Fsp3) is 0.0714. The third-order valence-corrected chi connectivity index (χ3v) is 5.67. The predicted octanol–water partition coefficient (Wildman–Crippen LogP) is 3.51. The van der Waals surface area contributed by atoms with E-state index in [0.29, 0.717) is 26.7 Å². The molecule has 0 aliphatic rings. The Hall–Kier alpha value is -2.01. The van der Waals surface area contributed by atoms with Gasteiger partial charge in [-0.05, 0) is 11.6 Å². The van der Waals surface area contributed by atoms with Crippen LogP contribution in [0.1, 0.15) is 11.1 Å². The number of hydrogen-bond acceptors (Lipinski definition) is 6. The van der Waals surface area contributed by atoms with Crippen molar-refractivity contribution in [2.45, 2.75) is 9.96 Å². The van der Waals surface area contributed by atoms with E-state index in [1.165, 1.54) is 23.1 Å². The van der Waals surface area contributed by atoms with E-state index < -0.39 is 5.56 Å². The van der Waals surface area contributed by atoms with Crippen molar-refractivity contribution in [1.29, 1.82) is 5.26 Å². The molecule has 0 saturated heterocycles. The summed E-state index contributed by atoms with van der Waals surface area (Å²) in [6, 6.07) is 6.77. The Morgan fingerprint density at radius 2 is 2.32 bits per heavy atom. The van der Waals surface area contributed by atoms with Gasteiger partial charge in [0.25, 0.3) is 5.56 Å². The highest BCUT2D eigenvalue weighted by atomic mass is 35.5. The number of hydrogen-bond donors (Lipinski definition) is 2. The Balaban J connectivity index is 1.97. The van der Waals surface area contributed by atoms with E-state index in [1.54, 1.807) is 12.3 Å². The van der Waals surface area contributed by atoms with Crippen LogP contribution in [-0.4, -0.2) is 15.1 Å². The van der Waals surface area contributed by atoms with E-state index in [0.717, 1.165) is 15.8 Å². The van der Waals surface area contributed by atoms with Gasteiger partial charge in [-0.3, -0.25) is 4.79 Å². The number of halogens is 1. The molecule has 0 spiro atoms. The van der Waals surface area contributed by atoms with Crippen LogP contribution in [0.3, 0.4) is 0 Å². The number of H-pyrrole nitrogens is 1. The van der Waals surface area contributed by atoms with Crippen molar-refractivity contribution in [1.82, 2.24) is 9.97 Å². The molecule has 22 heavy (non-hydrogen) atoms. The lowest BCUT2D eigenvalue weighted by molar-refractivity contribution is 0.481. The summed E-state index contributed by atoms with van der Waals surface area (Å²) in [6.45, 7) is 0. The molecule has 0 radical (unpaired) electrons. The number of aromatic nitrogens is 2. The summed E-state index contributed by atoms with van der Waals surface area (Å²) in [7, 11) is 0. The van der Waals surface area contributed by atoms with Crippen molar-refractivity contribution >= 4 is 44.9 Å². The van der Waals surface area contributed by atoms with Gasteiger partial charge in [0.1, 0.15) is 22.5 Å². The van der Waals surface area contributed by atoms with Crippen LogP contribution < -0.4 is 5.56 Å². The number of thioether (sulfide) groups is 1. The first kappa shape index (κ1) is 14.9. The Labute approximate surface area is 138 Å². The molecule has 8 heteroatoms. The van der Waals surface area contributed by atoms with Gasteiger partial charge in [-0.15, -0.1) is 23.1 Å². The van der Waals surface area contributed by atoms with Gasteiger partial charge in [0.2, 0.25) is 0 Å². The van der Waals surface area contributed by atoms with E-state index >= 15 is 0 Å². The maximum Gasteiger partial charge on any atom is 0.252 e. The SMILES string of the molecule is N#Cc1c(SCc2ccc(Cl)nc2)sc2c(O)cc(=O)[nH]c12. The van der Waals surface area contributed by atoms with Gasteiger partial charge in [0.05, 0.1) is 14.4 Å². The fourth-order valence-electron chi connectivity index (χ4n) is 1.90. The van der Waals surface area contributed by atoms with Gasteiger partial charge >= 0.3 is 0 Å². The minimum Gasteiger partial charge on any atom is -0.506 e. The Morgan fingerprint density at radius 3 is 3.00 bits per heavy atom. The second kappa shape index (κ2) is 6.01. The second-order valence-electron chi connectivity index (χ2n) is 4.38. The highest BCUT2D eigenvalue weighted by Crippen LogP contribution is 2.40. The van der Waals surface area contributed by atoms with Crippen molar-refractivity contribution < 1.29 is 5.11 Å². The van der Waals surface area contributed by atoms with Crippen molar-refractivity contribution in [3.63, 3.8) is 0 Å². The molecule has 2 N–H and O–H groups in total. The second-order valence-corrected chi connectivity index (χ2v) is 7.03. The number of rotatable bonds is 3. The first-order valence-corrected chi connectivity index (χ1v) is 8.28. The van der Waals surface area contributed by atoms with Crippen LogP contribution in [0.2, 0.25) is 5.15 Å². The normalized spacial score (nSPS) is 10.7. The van der Waals surface area contributed by atoms with Gasteiger partial charge < -0.3 is 10.1 Å². The van der Waals surface area contributed by atoms with Crippen LogP contribution in [0.25, 0.3) is 10.2 Å². The van der Waals surface area contributed by atoms with Gasteiger partial charge in [-0.2, -0.15) is 5.26 Å². The molecule has 5 nitrogen and oxygen atoms in total. The topological polar surface area (TPSA) is 89.8 Å². The minimum absolute atomic E-state index is 0.111. The van der Waals surface area contributed by atoms with Crippen molar-refractivity contribution in [3.8, 4) is 11.8 Å². The largest absolute Gasteiger partial charge is 0.506 e. The lowest BCUT2D eigenvalue weighted by Crippen LogP contribution is -2.02. The average molecular weight is 350 g/mol. The summed E-state index contributed by atoms with van der Waals surface area (Å²) >= 11 is 8.47. The number of aromatic hydroxyl groups is 1. The number of nitrogens with one attached hydrogen (secondary N) is 1. The summed E-state index contributed by atoms with van der Waals surface area (Å²) in [5.41, 5.74) is 1.29. The molecule has 0 aliphatic carbocycles. The molecule has 0 bridgehead atoms. The first-order valence-electron chi connectivity index (χ1n) is 6.10. The third kappa shape index (κ3) is 2.81. The van der Waals surface area contributed by atoms with Gasteiger partial charge in [-0.25, -0.2) is 4.98 Å². The van der Waals surface area contributed by atoms with E-state index in [9.17, 15) is 15.2 Å². The molecule has 0 atom stereocenters. The lowest BCUT2D eigenvalue weighted by atomic mass is 10.3. The van der Waals surface area contributed by atoms with E-state index in [-0.39, 0.29) is 5.75 Å². The van der Waals surface area contributed by atoms with Gasteiger partial charge in [0, 0.05) is 18.0 Å². The summed E-state index contributed by atoms with van der Waals surface area (Å²) in [6.07, 6.45) is 1.67. The van der Waals surface area contributed by atoms with Crippen molar-refractivity contribution in [2.75, 3.05) is 0 Å². The molecule has 0 fully saturated rings. The standard InChI is InChI=1S/C14H8ClN3O2S2/c15-10-2-1-7(5-17-10)6-21-14-8(4-16)12-13(22-14)9(19)3-11(20)18-12/h1-3,5H,6H2,(H2,18,19,20). The monoisotopic (exact) mass is 349 g/mol. The highest BCUT2D eigenvalue weighted by molar-refractivity contribution is 8.00. The average Bonchev–Trinajstić information content (AvgIpc) is 2.84. The summed E-state index contributed by atoms with van der Waals surface area (Å²) < 4.78 is 1.25. The van der Waals surface area contributed by atoms with Crippen LogP contribution in [0.5, 0.6) is 5.75 Å². The lowest BCUT2D eigenvalue weighted by Gasteiger charge is -1.99. The van der Waals surface area contributed by atoms with Crippen molar-refractivity contribution in [3.05, 3.63) is 51.0 Å². The molecule has 3 aromatic heterocycles. The van der Waals surface area contributed by atoms with Gasteiger partial charge in [-0.1, -0.05) is 17.7 Å². The molecule has 0 unspecified atom stereocenters. The summed E-state index contributed by atoms with van der Waals surface area (Å²) in [5.74, 6) is 0.497. The van der Waals surface area contributed by atoms with Gasteiger partial charge in [0.15, 0.2) is 0 Å². The number of thiophene rings is 1. The summed E-state index contributed by atoms with van der Waals surface area (Å²) in [5, 5.41) is 19.6. The summed E-state index contributed by atoms with van der Waals surface area (Å²) in [4.78, 5) is 18.1. The van der Waals surface area contributed by atoms with Crippen LogP contribution in [-0.2, 0) is 5.75 Å². The quantitative estimate of drug-likeness (QED) is 0.558. The number of nitriles is 1. The zero-order valence-electron chi connectivity index (χ0n) is 11.0. The van der Waals surface area contributed by atoms with Crippen LogP contribution >= 0.6 is 34.7 Å². The molecule has 0 saturated carbocycles. The predicted molar refractivity (Wildman–Crippen MR) is 87.6 cm³/mol. The van der Waals surface area contributed by atoms with E-state index in [1.807, 2.05) is 6.07 Å².